The van der Waals surface area contributed by atoms with E-state index < -0.39 is 0 Å². The van der Waals surface area contributed by atoms with Crippen LogP contribution in [0.4, 0.5) is 5.69 Å². The Labute approximate surface area is 100 Å². The summed E-state index contributed by atoms with van der Waals surface area (Å²) in [6.07, 6.45) is 7.62. The van der Waals surface area contributed by atoms with Gasteiger partial charge in [-0.2, -0.15) is 0 Å². The van der Waals surface area contributed by atoms with Crippen molar-refractivity contribution in [3.63, 3.8) is 0 Å². The van der Waals surface area contributed by atoms with Gasteiger partial charge in [0.05, 0.1) is 10.7 Å². The SMILES string of the molecule is C=c1/c(=C\C=C/C)ncn1-c1ccc(N)cc1. The van der Waals surface area contributed by atoms with Crippen molar-refractivity contribution in [2.24, 2.45) is 0 Å². The Hall–Kier alpha value is -2.29. The fraction of sp³-hybridized carbons (Fsp3) is 0.0714. The van der Waals surface area contributed by atoms with Crippen molar-refractivity contribution in [3.8, 4) is 5.69 Å². The number of allylic oxidation sites excluding steroid dienone is 2. The number of rotatable bonds is 2. The highest BCUT2D eigenvalue weighted by Crippen LogP contribution is 2.07. The summed E-state index contributed by atoms with van der Waals surface area (Å²) in [6.45, 7) is 6.00. The fourth-order valence-corrected chi connectivity index (χ4v) is 1.57. The van der Waals surface area contributed by atoms with E-state index >= 15 is 0 Å². The molecular formula is C14H15N3. The first kappa shape index (κ1) is 11.2. The molecule has 1 aromatic heterocycles. The fourth-order valence-electron chi connectivity index (χ4n) is 1.57. The molecule has 0 radical (unpaired) electrons. The van der Waals surface area contributed by atoms with Gasteiger partial charge >= 0.3 is 0 Å². The van der Waals surface area contributed by atoms with Crippen LogP contribution in [0.25, 0.3) is 18.3 Å². The first-order valence-electron chi connectivity index (χ1n) is 5.43. The number of aromatic nitrogens is 2. The van der Waals surface area contributed by atoms with Gasteiger partial charge in [-0.15, -0.1) is 0 Å². The molecule has 0 unspecified atom stereocenters. The minimum absolute atomic E-state index is 0.750. The normalized spacial score (nSPS) is 12.4. The summed E-state index contributed by atoms with van der Waals surface area (Å²) >= 11 is 0. The Morgan fingerprint density at radius 2 is 2.00 bits per heavy atom. The minimum Gasteiger partial charge on any atom is -0.399 e. The summed E-state index contributed by atoms with van der Waals surface area (Å²) in [7, 11) is 0. The van der Waals surface area contributed by atoms with E-state index in [0.717, 1.165) is 22.1 Å². The highest BCUT2D eigenvalue weighted by Gasteiger charge is 1.98. The lowest BCUT2D eigenvalue weighted by Crippen LogP contribution is -2.27. The molecule has 0 aliphatic rings. The third-order valence-electron chi connectivity index (χ3n) is 2.52. The number of hydrogen-bond donors (Lipinski definition) is 1. The smallest absolute Gasteiger partial charge is 0.100 e. The average molecular weight is 225 g/mol. The molecular weight excluding hydrogens is 210 g/mol. The van der Waals surface area contributed by atoms with Crippen molar-refractivity contribution in [2.45, 2.75) is 6.92 Å². The molecule has 1 heterocycles. The minimum atomic E-state index is 0.750. The van der Waals surface area contributed by atoms with Gasteiger partial charge in [0, 0.05) is 11.4 Å². The molecule has 1 aromatic carbocycles. The van der Waals surface area contributed by atoms with Crippen LogP contribution < -0.4 is 16.4 Å². The number of nitrogen functional groups attached to an aromatic ring is 1. The molecule has 0 saturated heterocycles. The quantitative estimate of drug-likeness (QED) is 0.781. The molecule has 0 atom stereocenters. The van der Waals surface area contributed by atoms with E-state index in [4.69, 9.17) is 5.73 Å². The van der Waals surface area contributed by atoms with Crippen LogP contribution in [0.3, 0.4) is 0 Å². The first-order chi connectivity index (χ1) is 8.22. The monoisotopic (exact) mass is 225 g/mol. The van der Waals surface area contributed by atoms with Crippen LogP contribution in [-0.4, -0.2) is 9.55 Å². The summed E-state index contributed by atoms with van der Waals surface area (Å²) < 4.78 is 1.94. The van der Waals surface area contributed by atoms with Crippen LogP contribution in [-0.2, 0) is 0 Å². The van der Waals surface area contributed by atoms with Crippen LogP contribution in [0, 0.1) is 0 Å². The predicted molar refractivity (Wildman–Crippen MR) is 72.0 cm³/mol. The molecule has 0 aliphatic heterocycles. The number of nitrogens with two attached hydrogens (primary N) is 1. The average Bonchev–Trinajstić information content (AvgIpc) is 2.69. The zero-order valence-corrected chi connectivity index (χ0v) is 9.80. The van der Waals surface area contributed by atoms with Crippen LogP contribution in [0.15, 0.2) is 42.7 Å². The molecule has 0 spiro atoms. The summed E-state index contributed by atoms with van der Waals surface area (Å²) in [4.78, 5) is 4.31. The standard InChI is InChI=1S/C14H15N3/c1-3-4-5-14-11(2)17(10-16-14)13-8-6-12(15)7-9-13/h3-10H,2,15H2,1H3/b4-3-,14-5+. The van der Waals surface area contributed by atoms with Crippen molar-refractivity contribution in [1.82, 2.24) is 9.55 Å². The number of benzene rings is 1. The van der Waals surface area contributed by atoms with E-state index in [1.807, 2.05) is 54.0 Å². The zero-order valence-electron chi connectivity index (χ0n) is 9.80. The summed E-state index contributed by atoms with van der Waals surface area (Å²) in [6, 6.07) is 7.63. The molecule has 2 aromatic rings. The van der Waals surface area contributed by atoms with Crippen LogP contribution >= 0.6 is 0 Å². The van der Waals surface area contributed by atoms with E-state index in [1.165, 1.54) is 0 Å². The number of imidazole rings is 1. The van der Waals surface area contributed by atoms with Gasteiger partial charge in [-0.25, -0.2) is 4.98 Å². The lowest BCUT2D eigenvalue weighted by Gasteiger charge is -2.02. The summed E-state index contributed by atoms with van der Waals surface area (Å²) in [5.74, 6) is 0. The van der Waals surface area contributed by atoms with Crippen molar-refractivity contribution >= 4 is 18.3 Å². The van der Waals surface area contributed by atoms with E-state index in [9.17, 15) is 0 Å². The van der Waals surface area contributed by atoms with Crippen molar-refractivity contribution in [1.29, 1.82) is 0 Å². The summed E-state index contributed by atoms with van der Waals surface area (Å²) in [5.41, 5.74) is 7.42. The van der Waals surface area contributed by atoms with E-state index in [2.05, 4.69) is 11.6 Å². The second-order valence-electron chi connectivity index (χ2n) is 3.73. The molecule has 0 fully saturated rings. The maximum atomic E-state index is 5.66. The molecule has 86 valence electrons. The molecule has 2 rings (SSSR count). The number of anilines is 1. The lowest BCUT2D eigenvalue weighted by molar-refractivity contribution is 1.02. The van der Waals surface area contributed by atoms with Crippen molar-refractivity contribution < 1.29 is 0 Å². The third-order valence-corrected chi connectivity index (χ3v) is 2.52. The molecule has 2 N–H and O–H groups in total. The van der Waals surface area contributed by atoms with Crippen LogP contribution in [0.5, 0.6) is 0 Å². The first-order valence-corrected chi connectivity index (χ1v) is 5.43. The van der Waals surface area contributed by atoms with Crippen molar-refractivity contribution in [3.05, 3.63) is 53.4 Å². The second kappa shape index (κ2) is 4.70. The molecule has 0 saturated carbocycles. The Kier molecular flexibility index (Phi) is 3.10. The Balaban J connectivity index is 2.52. The maximum absolute atomic E-state index is 5.66. The zero-order chi connectivity index (χ0) is 12.3. The number of nitrogens with zero attached hydrogens (tertiary/aromatic N) is 2. The highest BCUT2D eigenvalue weighted by atomic mass is 15.0. The maximum Gasteiger partial charge on any atom is 0.100 e. The molecule has 0 bridgehead atoms. The van der Waals surface area contributed by atoms with Crippen LogP contribution in [0.1, 0.15) is 6.92 Å². The van der Waals surface area contributed by atoms with Gasteiger partial charge in [-0.05, 0) is 37.3 Å². The summed E-state index contributed by atoms with van der Waals surface area (Å²) in [5, 5.41) is 1.74. The van der Waals surface area contributed by atoms with Gasteiger partial charge < -0.3 is 5.73 Å². The predicted octanol–water partition coefficient (Wildman–Crippen LogP) is 1.22. The van der Waals surface area contributed by atoms with Gasteiger partial charge in [0.25, 0.3) is 0 Å². The van der Waals surface area contributed by atoms with Gasteiger partial charge in [0.1, 0.15) is 6.33 Å². The molecule has 0 aliphatic carbocycles. The largest absolute Gasteiger partial charge is 0.399 e. The van der Waals surface area contributed by atoms with E-state index in [-0.39, 0.29) is 0 Å². The third kappa shape index (κ3) is 2.28. The van der Waals surface area contributed by atoms with Crippen molar-refractivity contribution in [2.75, 3.05) is 5.73 Å². The second-order valence-corrected chi connectivity index (χ2v) is 3.73. The Morgan fingerprint density at radius 3 is 2.65 bits per heavy atom. The van der Waals surface area contributed by atoms with Gasteiger partial charge in [-0.3, -0.25) is 4.57 Å². The molecule has 3 nitrogen and oxygen atoms in total. The Bertz CT molecular complexity index is 633. The van der Waals surface area contributed by atoms with Crippen LogP contribution in [0.2, 0.25) is 0 Å². The molecule has 3 heteroatoms. The van der Waals surface area contributed by atoms with Gasteiger partial charge in [0.2, 0.25) is 0 Å². The number of hydrogen-bond acceptors (Lipinski definition) is 2. The lowest BCUT2D eigenvalue weighted by atomic mass is 10.3. The molecule has 17 heavy (non-hydrogen) atoms. The molecule has 0 amide bonds. The Morgan fingerprint density at radius 1 is 1.29 bits per heavy atom. The highest BCUT2D eigenvalue weighted by molar-refractivity contribution is 5.45. The topological polar surface area (TPSA) is 43.8 Å². The van der Waals surface area contributed by atoms with E-state index in [0.29, 0.717) is 0 Å². The van der Waals surface area contributed by atoms with E-state index in [1.54, 1.807) is 6.33 Å². The van der Waals surface area contributed by atoms with Gasteiger partial charge in [0.15, 0.2) is 0 Å². The van der Waals surface area contributed by atoms with Gasteiger partial charge in [-0.1, -0.05) is 18.7 Å².